The summed E-state index contributed by atoms with van der Waals surface area (Å²) >= 11 is 6.15. The molecule has 0 aliphatic carbocycles. The lowest BCUT2D eigenvalue weighted by Crippen LogP contribution is -2.46. The first kappa shape index (κ1) is 19.9. The van der Waals surface area contributed by atoms with Crippen LogP contribution >= 0.6 is 11.6 Å². The van der Waals surface area contributed by atoms with Gasteiger partial charge in [-0.3, -0.25) is 14.6 Å². The van der Waals surface area contributed by atoms with E-state index in [-0.39, 0.29) is 12.3 Å². The van der Waals surface area contributed by atoms with E-state index >= 15 is 0 Å². The molecule has 0 aliphatic heterocycles. The van der Waals surface area contributed by atoms with Crippen LogP contribution in [-0.2, 0) is 9.59 Å². The maximum Gasteiger partial charge on any atom is 0.242 e. The Balaban J connectivity index is 1.71. The molecule has 1 heterocycles. The van der Waals surface area contributed by atoms with E-state index in [1.165, 1.54) is 0 Å². The highest BCUT2D eigenvalue weighted by atomic mass is 35.5. The molecule has 1 atom stereocenters. The van der Waals surface area contributed by atoms with Crippen LogP contribution in [0.25, 0.3) is 10.9 Å². The molecule has 0 spiro atoms. The summed E-state index contributed by atoms with van der Waals surface area (Å²) in [7, 11) is 0. The number of aliphatic hydroxyl groups excluding tert-OH is 1. The Bertz CT molecular complexity index is 769. The minimum absolute atomic E-state index is 0.259. The zero-order valence-electron chi connectivity index (χ0n) is 14.3. The largest absolute Gasteiger partial charge is 0.491 e. The number of nitrogens with two attached hydrogens (primary N) is 1. The SMILES string of the molecule is NC(=O)C(CO)NC(=O)CCCCCOc1ccc(Cl)c2cccnc12. The third kappa shape index (κ3) is 5.57. The van der Waals surface area contributed by atoms with Crippen molar-refractivity contribution in [2.45, 2.75) is 31.7 Å². The Morgan fingerprint density at radius 3 is 2.81 bits per heavy atom. The van der Waals surface area contributed by atoms with Crippen molar-refractivity contribution in [1.29, 1.82) is 0 Å². The van der Waals surface area contributed by atoms with Crippen LogP contribution < -0.4 is 15.8 Å². The number of halogens is 1. The molecule has 0 radical (unpaired) electrons. The van der Waals surface area contributed by atoms with E-state index < -0.39 is 18.6 Å². The number of pyridine rings is 1. The van der Waals surface area contributed by atoms with Gasteiger partial charge in [-0.2, -0.15) is 0 Å². The molecule has 2 rings (SSSR count). The number of hydrogen-bond acceptors (Lipinski definition) is 5. The number of nitrogens with one attached hydrogen (secondary N) is 1. The molecule has 140 valence electrons. The Kier molecular flexibility index (Phi) is 7.62. The Morgan fingerprint density at radius 2 is 2.08 bits per heavy atom. The molecule has 8 heteroatoms. The van der Waals surface area contributed by atoms with E-state index in [9.17, 15) is 9.59 Å². The fourth-order valence-electron chi connectivity index (χ4n) is 2.45. The van der Waals surface area contributed by atoms with Crippen LogP contribution in [-0.4, -0.2) is 41.2 Å². The summed E-state index contributed by atoms with van der Waals surface area (Å²) in [6.07, 6.45) is 4.15. The van der Waals surface area contributed by atoms with Crippen molar-refractivity contribution in [1.82, 2.24) is 10.3 Å². The number of carbonyl (C=O) groups excluding carboxylic acids is 2. The first-order valence-corrected chi connectivity index (χ1v) is 8.76. The lowest BCUT2D eigenvalue weighted by Gasteiger charge is -2.12. The van der Waals surface area contributed by atoms with Crippen LogP contribution in [0.2, 0.25) is 5.02 Å². The van der Waals surface area contributed by atoms with Crippen LogP contribution in [0.3, 0.4) is 0 Å². The van der Waals surface area contributed by atoms with Crippen LogP contribution in [0.15, 0.2) is 30.5 Å². The van der Waals surface area contributed by atoms with Crippen molar-refractivity contribution in [3.8, 4) is 5.75 Å². The standard InChI is InChI=1S/C18H22ClN3O4/c19-13-7-8-15(17-12(13)5-4-9-21-17)26-10-3-1-2-6-16(24)22-14(11-23)18(20)25/h4-5,7-9,14,23H,1-3,6,10-11H2,(H2,20,25)(H,22,24). The van der Waals surface area contributed by atoms with Gasteiger partial charge in [-0.1, -0.05) is 11.6 Å². The quantitative estimate of drug-likeness (QED) is 0.544. The molecule has 0 aliphatic rings. The topological polar surface area (TPSA) is 115 Å². The third-order valence-electron chi connectivity index (χ3n) is 3.85. The highest BCUT2D eigenvalue weighted by molar-refractivity contribution is 6.35. The Hall–Kier alpha value is -2.38. The van der Waals surface area contributed by atoms with Crippen LogP contribution in [0, 0.1) is 0 Å². The van der Waals surface area contributed by atoms with E-state index in [0.29, 0.717) is 23.8 Å². The molecule has 0 bridgehead atoms. The normalized spacial score (nSPS) is 11.9. The van der Waals surface area contributed by atoms with Gasteiger partial charge in [-0.25, -0.2) is 0 Å². The summed E-state index contributed by atoms with van der Waals surface area (Å²) in [5, 5.41) is 12.8. The van der Waals surface area contributed by atoms with Gasteiger partial charge in [0.2, 0.25) is 11.8 Å². The molecule has 1 unspecified atom stereocenters. The van der Waals surface area contributed by atoms with Gasteiger partial charge in [0.25, 0.3) is 0 Å². The average Bonchev–Trinajstić information content (AvgIpc) is 2.64. The summed E-state index contributed by atoms with van der Waals surface area (Å²) in [4.78, 5) is 26.9. The van der Waals surface area contributed by atoms with Crippen LogP contribution in [0.4, 0.5) is 0 Å². The lowest BCUT2D eigenvalue weighted by molar-refractivity contribution is -0.128. The zero-order valence-corrected chi connectivity index (χ0v) is 15.0. The Labute approximate surface area is 156 Å². The van der Waals surface area contributed by atoms with E-state index in [0.717, 1.165) is 23.7 Å². The fourth-order valence-corrected chi connectivity index (χ4v) is 2.66. The second kappa shape index (κ2) is 9.94. The van der Waals surface area contributed by atoms with Gasteiger partial charge in [-0.05, 0) is 43.5 Å². The number of carbonyl (C=O) groups is 2. The Morgan fingerprint density at radius 1 is 1.27 bits per heavy atom. The third-order valence-corrected chi connectivity index (χ3v) is 4.18. The monoisotopic (exact) mass is 379 g/mol. The van der Waals surface area contributed by atoms with E-state index in [1.54, 1.807) is 18.3 Å². The molecular weight excluding hydrogens is 358 g/mol. The number of benzene rings is 1. The van der Waals surface area contributed by atoms with Gasteiger partial charge < -0.3 is 20.9 Å². The molecule has 7 nitrogen and oxygen atoms in total. The van der Waals surface area contributed by atoms with Crippen molar-refractivity contribution in [2.75, 3.05) is 13.2 Å². The number of unbranched alkanes of at least 4 members (excludes halogenated alkanes) is 2. The minimum Gasteiger partial charge on any atom is -0.491 e. The maximum absolute atomic E-state index is 11.7. The smallest absolute Gasteiger partial charge is 0.242 e. The van der Waals surface area contributed by atoms with Crippen LogP contribution in [0.1, 0.15) is 25.7 Å². The summed E-state index contributed by atoms with van der Waals surface area (Å²) < 4.78 is 5.78. The lowest BCUT2D eigenvalue weighted by atomic mass is 10.2. The first-order valence-electron chi connectivity index (χ1n) is 8.38. The molecule has 1 aromatic carbocycles. The second-order valence-electron chi connectivity index (χ2n) is 5.81. The number of primary amides is 1. The molecule has 26 heavy (non-hydrogen) atoms. The maximum atomic E-state index is 11.7. The first-order chi connectivity index (χ1) is 12.5. The number of aliphatic hydroxyl groups is 1. The van der Waals surface area contributed by atoms with Crippen molar-refractivity contribution in [3.63, 3.8) is 0 Å². The summed E-state index contributed by atoms with van der Waals surface area (Å²) in [5.74, 6) is -0.385. The molecule has 0 saturated heterocycles. The summed E-state index contributed by atoms with van der Waals surface area (Å²) in [6, 6.07) is 6.26. The van der Waals surface area contributed by atoms with Gasteiger partial charge in [0.1, 0.15) is 17.3 Å². The summed E-state index contributed by atoms with van der Waals surface area (Å²) in [6.45, 7) is -0.00647. The molecule has 2 amide bonds. The molecule has 0 fully saturated rings. The number of hydrogen-bond donors (Lipinski definition) is 3. The number of ether oxygens (including phenoxy) is 1. The molecule has 2 aromatic rings. The predicted molar refractivity (Wildman–Crippen MR) is 98.9 cm³/mol. The van der Waals surface area contributed by atoms with Gasteiger partial charge in [0, 0.05) is 18.0 Å². The van der Waals surface area contributed by atoms with Gasteiger partial charge >= 0.3 is 0 Å². The number of fused-ring (bicyclic) bond motifs is 1. The average molecular weight is 380 g/mol. The number of nitrogens with zero attached hydrogens (tertiary/aromatic N) is 1. The number of rotatable bonds is 10. The second-order valence-corrected chi connectivity index (χ2v) is 6.22. The van der Waals surface area contributed by atoms with Gasteiger partial charge in [0.15, 0.2) is 0 Å². The van der Waals surface area contributed by atoms with Gasteiger partial charge in [0.05, 0.1) is 18.2 Å². The van der Waals surface area contributed by atoms with Gasteiger partial charge in [-0.15, -0.1) is 0 Å². The van der Waals surface area contributed by atoms with E-state index in [4.69, 9.17) is 27.2 Å². The van der Waals surface area contributed by atoms with Crippen molar-refractivity contribution < 1.29 is 19.4 Å². The highest BCUT2D eigenvalue weighted by Crippen LogP contribution is 2.29. The number of aromatic nitrogens is 1. The molecule has 4 N–H and O–H groups in total. The molecular formula is C18H22ClN3O4. The van der Waals surface area contributed by atoms with Crippen LogP contribution in [0.5, 0.6) is 5.75 Å². The van der Waals surface area contributed by atoms with E-state index in [2.05, 4.69) is 10.3 Å². The molecule has 1 aromatic heterocycles. The summed E-state index contributed by atoms with van der Waals surface area (Å²) in [5.41, 5.74) is 5.77. The fraction of sp³-hybridized carbons (Fsp3) is 0.389. The predicted octanol–water partition coefficient (Wildman–Crippen LogP) is 1.79. The van der Waals surface area contributed by atoms with E-state index in [1.807, 2.05) is 12.1 Å². The van der Waals surface area contributed by atoms with Crippen molar-refractivity contribution >= 4 is 34.3 Å². The molecule has 0 saturated carbocycles. The highest BCUT2D eigenvalue weighted by Gasteiger charge is 2.16. The zero-order chi connectivity index (χ0) is 18.9. The number of amides is 2. The minimum atomic E-state index is -1.03. The van der Waals surface area contributed by atoms with Crippen molar-refractivity contribution in [3.05, 3.63) is 35.5 Å². The van der Waals surface area contributed by atoms with Crippen molar-refractivity contribution in [2.24, 2.45) is 5.73 Å².